The molecule has 2 fully saturated rings. The van der Waals surface area contributed by atoms with Crippen LogP contribution < -0.4 is 10.6 Å². The lowest BCUT2D eigenvalue weighted by Gasteiger charge is -2.23. The maximum atomic E-state index is 12.5. The van der Waals surface area contributed by atoms with Gasteiger partial charge in [-0.2, -0.15) is 10.2 Å². The van der Waals surface area contributed by atoms with Crippen LogP contribution in [0.15, 0.2) is 0 Å². The van der Waals surface area contributed by atoms with Gasteiger partial charge in [-0.3, -0.25) is 9.89 Å². The molecule has 1 aliphatic heterocycles. The first-order valence-electron chi connectivity index (χ1n) is 7.50. The third kappa shape index (κ3) is 2.19. The lowest BCUT2D eigenvalue weighted by atomic mass is 9.92. The zero-order chi connectivity index (χ0) is 14.6. The summed E-state index contributed by atoms with van der Waals surface area (Å²) in [6.07, 6.45) is 3.23. The summed E-state index contributed by atoms with van der Waals surface area (Å²) in [5.74, 6) is 0.942. The Bertz CT molecular complexity index is 714. The Balaban J connectivity index is 0.00000144. The largest absolute Gasteiger partial charge is 0.317 e. The average molecular weight is 325 g/mol. The molecule has 0 aromatic carbocycles. The van der Waals surface area contributed by atoms with Gasteiger partial charge in [0.25, 0.3) is 0 Å². The summed E-state index contributed by atoms with van der Waals surface area (Å²) in [4.78, 5) is 12.5. The highest BCUT2D eigenvalue weighted by molar-refractivity contribution is 6.01. The Kier molecular flexibility index (Phi) is 3.65. The first-order valence-corrected chi connectivity index (χ1v) is 7.50. The normalized spacial score (nSPS) is 22.5. The number of piperidine rings is 1. The van der Waals surface area contributed by atoms with Crippen LogP contribution in [-0.4, -0.2) is 39.0 Å². The van der Waals surface area contributed by atoms with E-state index >= 15 is 0 Å². The highest BCUT2D eigenvalue weighted by Gasteiger charge is 2.57. The number of aromatic nitrogens is 4. The van der Waals surface area contributed by atoms with Crippen molar-refractivity contribution in [3.63, 3.8) is 0 Å². The van der Waals surface area contributed by atoms with E-state index in [1.165, 1.54) is 0 Å². The third-order valence-electron chi connectivity index (χ3n) is 5.07. The van der Waals surface area contributed by atoms with Crippen molar-refractivity contribution in [2.75, 3.05) is 18.4 Å². The molecule has 1 saturated carbocycles. The molecular weight excluding hydrogens is 304 g/mol. The number of nitrogens with one attached hydrogen (secondary N) is 3. The number of halogens is 1. The van der Waals surface area contributed by atoms with Gasteiger partial charge in [0, 0.05) is 13.0 Å². The molecule has 1 aliphatic carbocycles. The molecule has 4 rings (SSSR count). The predicted octanol–water partition coefficient (Wildman–Crippen LogP) is 1.35. The van der Waals surface area contributed by atoms with Gasteiger partial charge in [0.05, 0.1) is 11.1 Å². The average Bonchev–Trinajstić information content (AvgIpc) is 2.86. The fourth-order valence-corrected chi connectivity index (χ4v) is 3.73. The van der Waals surface area contributed by atoms with Crippen LogP contribution in [0, 0.1) is 18.3 Å². The molecule has 2 aromatic rings. The molecule has 1 saturated heterocycles. The van der Waals surface area contributed by atoms with Crippen LogP contribution in [0.5, 0.6) is 0 Å². The second kappa shape index (κ2) is 5.24. The first kappa shape index (κ1) is 15.3. The fourth-order valence-electron chi connectivity index (χ4n) is 3.73. The first-order chi connectivity index (χ1) is 10.1. The number of aromatic amines is 1. The number of nitrogens with zero attached hydrogens (tertiary/aromatic N) is 3. The standard InChI is InChI=1S/C14H20N6O.ClH/c1-8-10-11(17-18-12(10)20(2)19-8)16-13(21)9-7-14(9)3-5-15-6-4-14;/h9,15H,3-7H2,1-2H3,(H2,16,17,18,21);1H. The maximum Gasteiger partial charge on any atom is 0.229 e. The highest BCUT2D eigenvalue weighted by Crippen LogP contribution is 2.58. The van der Waals surface area contributed by atoms with E-state index in [0.717, 1.165) is 49.1 Å². The molecule has 22 heavy (non-hydrogen) atoms. The SMILES string of the molecule is Cc1nn(C)c2n[nH]c(NC(=O)C3CC34CCNCC4)c12.Cl. The molecule has 1 unspecified atom stereocenters. The number of anilines is 1. The summed E-state index contributed by atoms with van der Waals surface area (Å²) in [5.41, 5.74) is 1.90. The Morgan fingerprint density at radius 1 is 1.41 bits per heavy atom. The van der Waals surface area contributed by atoms with Crippen molar-refractivity contribution in [2.24, 2.45) is 18.4 Å². The van der Waals surface area contributed by atoms with Crippen molar-refractivity contribution in [2.45, 2.75) is 26.2 Å². The molecule has 1 spiro atoms. The molecule has 1 amide bonds. The molecule has 3 heterocycles. The number of hydrogen-bond acceptors (Lipinski definition) is 4. The number of H-pyrrole nitrogens is 1. The van der Waals surface area contributed by atoms with Gasteiger partial charge in [-0.25, -0.2) is 4.68 Å². The number of fused-ring (bicyclic) bond motifs is 1. The molecule has 120 valence electrons. The molecule has 2 aromatic heterocycles. The second-order valence-electron chi connectivity index (χ2n) is 6.36. The number of aryl methyl sites for hydroxylation is 2. The Morgan fingerprint density at radius 3 is 2.86 bits per heavy atom. The molecule has 0 radical (unpaired) electrons. The molecule has 2 aliphatic rings. The Hall–Kier alpha value is -1.60. The summed E-state index contributed by atoms with van der Waals surface area (Å²) < 4.78 is 1.72. The maximum absolute atomic E-state index is 12.5. The molecule has 7 nitrogen and oxygen atoms in total. The van der Waals surface area contributed by atoms with Gasteiger partial charge in [0.1, 0.15) is 5.82 Å². The fraction of sp³-hybridized carbons (Fsp3) is 0.643. The van der Waals surface area contributed by atoms with E-state index in [-0.39, 0.29) is 29.6 Å². The van der Waals surface area contributed by atoms with Gasteiger partial charge in [0.15, 0.2) is 5.65 Å². The Labute approximate surface area is 134 Å². The van der Waals surface area contributed by atoms with Gasteiger partial charge in [-0.05, 0) is 44.7 Å². The van der Waals surface area contributed by atoms with Crippen LogP contribution in [0.3, 0.4) is 0 Å². The van der Waals surface area contributed by atoms with Gasteiger partial charge in [-0.15, -0.1) is 12.4 Å². The van der Waals surface area contributed by atoms with E-state index in [9.17, 15) is 4.79 Å². The second-order valence-corrected chi connectivity index (χ2v) is 6.36. The molecule has 1 atom stereocenters. The van der Waals surface area contributed by atoms with Crippen molar-refractivity contribution >= 4 is 35.2 Å². The van der Waals surface area contributed by atoms with E-state index in [2.05, 4.69) is 25.9 Å². The van der Waals surface area contributed by atoms with E-state index in [4.69, 9.17) is 0 Å². The van der Waals surface area contributed by atoms with Crippen LogP contribution in [-0.2, 0) is 11.8 Å². The van der Waals surface area contributed by atoms with Crippen LogP contribution in [0.2, 0.25) is 0 Å². The lowest BCUT2D eigenvalue weighted by Crippen LogP contribution is -2.31. The van der Waals surface area contributed by atoms with Crippen molar-refractivity contribution < 1.29 is 4.79 Å². The van der Waals surface area contributed by atoms with Gasteiger partial charge >= 0.3 is 0 Å². The van der Waals surface area contributed by atoms with E-state index in [0.29, 0.717) is 5.82 Å². The monoisotopic (exact) mass is 324 g/mol. The van der Waals surface area contributed by atoms with Crippen LogP contribution in [0.25, 0.3) is 11.0 Å². The van der Waals surface area contributed by atoms with Crippen molar-refractivity contribution in [1.82, 2.24) is 25.3 Å². The minimum absolute atomic E-state index is 0. The van der Waals surface area contributed by atoms with Crippen LogP contribution in [0.4, 0.5) is 5.82 Å². The lowest BCUT2D eigenvalue weighted by molar-refractivity contribution is -0.118. The highest BCUT2D eigenvalue weighted by atomic mass is 35.5. The molecule has 8 heteroatoms. The smallest absolute Gasteiger partial charge is 0.229 e. The molecule has 0 bridgehead atoms. The van der Waals surface area contributed by atoms with Crippen LogP contribution in [0.1, 0.15) is 25.0 Å². The van der Waals surface area contributed by atoms with E-state index < -0.39 is 0 Å². The third-order valence-corrected chi connectivity index (χ3v) is 5.07. The predicted molar refractivity (Wildman–Crippen MR) is 86.1 cm³/mol. The summed E-state index contributed by atoms with van der Waals surface area (Å²) in [6.45, 7) is 3.98. The molecule has 3 N–H and O–H groups in total. The zero-order valence-corrected chi connectivity index (χ0v) is 13.6. The topological polar surface area (TPSA) is 87.6 Å². The van der Waals surface area contributed by atoms with Gasteiger partial charge < -0.3 is 10.6 Å². The minimum Gasteiger partial charge on any atom is -0.317 e. The Morgan fingerprint density at radius 2 is 2.14 bits per heavy atom. The number of hydrogen-bond donors (Lipinski definition) is 3. The van der Waals surface area contributed by atoms with Gasteiger partial charge in [0.2, 0.25) is 5.91 Å². The minimum atomic E-state index is 0. The summed E-state index contributed by atoms with van der Waals surface area (Å²) in [6, 6.07) is 0. The van der Waals surface area contributed by atoms with Crippen LogP contribution >= 0.6 is 12.4 Å². The number of amides is 1. The summed E-state index contributed by atoms with van der Waals surface area (Å²) in [5, 5.41) is 18.8. The van der Waals surface area contributed by atoms with Crippen molar-refractivity contribution in [1.29, 1.82) is 0 Å². The number of carbonyl (C=O) groups is 1. The number of carbonyl (C=O) groups excluding carboxylic acids is 1. The summed E-state index contributed by atoms with van der Waals surface area (Å²) >= 11 is 0. The quantitative estimate of drug-likeness (QED) is 0.778. The van der Waals surface area contributed by atoms with Crippen molar-refractivity contribution in [3.8, 4) is 0 Å². The van der Waals surface area contributed by atoms with E-state index in [1.54, 1.807) is 4.68 Å². The zero-order valence-electron chi connectivity index (χ0n) is 12.8. The summed E-state index contributed by atoms with van der Waals surface area (Å²) in [7, 11) is 1.85. The molecular formula is C14H21ClN6O. The van der Waals surface area contributed by atoms with E-state index in [1.807, 2.05) is 14.0 Å². The van der Waals surface area contributed by atoms with Gasteiger partial charge in [-0.1, -0.05) is 0 Å². The van der Waals surface area contributed by atoms with Crippen molar-refractivity contribution in [3.05, 3.63) is 5.69 Å². The number of rotatable bonds is 2.